The number of nitrogens with zero attached hydrogens (tertiary/aromatic N) is 1. The minimum atomic E-state index is 0.00759. The van der Waals surface area contributed by atoms with Gasteiger partial charge in [0.1, 0.15) is 0 Å². The van der Waals surface area contributed by atoms with Gasteiger partial charge in [0.15, 0.2) is 0 Å². The number of benzene rings is 1. The van der Waals surface area contributed by atoms with E-state index in [0.29, 0.717) is 0 Å². The van der Waals surface area contributed by atoms with Crippen LogP contribution in [0.25, 0.3) is 0 Å². The normalized spacial score (nSPS) is 16.7. The number of likely N-dealkylation sites (tertiary alicyclic amines) is 1. The topological polar surface area (TPSA) is 32.3 Å². The number of rotatable bonds is 1. The van der Waals surface area contributed by atoms with Crippen LogP contribution in [0, 0.1) is 12.8 Å². The van der Waals surface area contributed by atoms with Crippen LogP contribution in [-0.4, -0.2) is 24.0 Å². The number of anilines is 1. The molecule has 1 aliphatic rings. The first-order valence-corrected chi connectivity index (χ1v) is 7.18. The Morgan fingerprint density at radius 3 is 2.72 bits per heavy atom. The van der Waals surface area contributed by atoms with Crippen LogP contribution in [0.5, 0.6) is 0 Å². The van der Waals surface area contributed by atoms with Crippen LogP contribution in [0.2, 0.25) is 0 Å². The van der Waals surface area contributed by atoms with E-state index in [1.807, 2.05) is 30.0 Å². The van der Waals surface area contributed by atoms with Gasteiger partial charge in [0, 0.05) is 17.6 Å². The summed E-state index contributed by atoms with van der Waals surface area (Å²) < 4.78 is 0.962. The molecule has 0 spiro atoms. The SMILES string of the molecule is Cc1cccc(NC(=O)N2CCC(C)CC2)c1Br. The molecule has 0 aromatic heterocycles. The molecule has 1 aliphatic heterocycles. The summed E-state index contributed by atoms with van der Waals surface area (Å²) in [6, 6.07) is 5.89. The molecule has 3 nitrogen and oxygen atoms in total. The van der Waals surface area contributed by atoms with E-state index in [1.54, 1.807) is 0 Å². The smallest absolute Gasteiger partial charge is 0.321 e. The summed E-state index contributed by atoms with van der Waals surface area (Å²) in [4.78, 5) is 14.0. The van der Waals surface area contributed by atoms with Gasteiger partial charge in [0.25, 0.3) is 0 Å². The Balaban J connectivity index is 2.01. The lowest BCUT2D eigenvalue weighted by atomic mass is 10.00. The van der Waals surface area contributed by atoms with Crippen LogP contribution in [0.1, 0.15) is 25.3 Å². The van der Waals surface area contributed by atoms with Crippen molar-refractivity contribution in [2.75, 3.05) is 18.4 Å². The zero-order chi connectivity index (χ0) is 13.1. The van der Waals surface area contributed by atoms with E-state index in [2.05, 4.69) is 28.2 Å². The van der Waals surface area contributed by atoms with Gasteiger partial charge in [0.2, 0.25) is 0 Å². The lowest BCUT2D eigenvalue weighted by molar-refractivity contribution is 0.186. The molecule has 0 atom stereocenters. The van der Waals surface area contributed by atoms with Gasteiger partial charge in [-0.2, -0.15) is 0 Å². The maximum Gasteiger partial charge on any atom is 0.321 e. The van der Waals surface area contributed by atoms with Crippen molar-refractivity contribution in [3.63, 3.8) is 0 Å². The van der Waals surface area contributed by atoms with E-state index in [4.69, 9.17) is 0 Å². The van der Waals surface area contributed by atoms with Gasteiger partial charge in [-0.05, 0) is 53.2 Å². The number of halogens is 1. The zero-order valence-electron chi connectivity index (χ0n) is 10.9. The minimum Gasteiger partial charge on any atom is -0.325 e. The third-order valence-corrected chi connectivity index (χ3v) is 4.56. The summed E-state index contributed by atoms with van der Waals surface area (Å²) in [5, 5.41) is 2.98. The molecule has 98 valence electrons. The Kier molecular flexibility index (Phi) is 4.27. The van der Waals surface area contributed by atoms with Crippen LogP contribution < -0.4 is 5.32 Å². The highest BCUT2D eigenvalue weighted by Crippen LogP contribution is 2.26. The maximum absolute atomic E-state index is 12.1. The molecule has 0 saturated carbocycles. The fourth-order valence-electron chi connectivity index (χ4n) is 2.15. The summed E-state index contributed by atoms with van der Waals surface area (Å²) in [6.07, 6.45) is 2.20. The highest BCUT2D eigenvalue weighted by Gasteiger charge is 2.20. The maximum atomic E-state index is 12.1. The van der Waals surface area contributed by atoms with Gasteiger partial charge < -0.3 is 10.2 Å². The standard InChI is InChI=1S/C14H19BrN2O/c1-10-6-8-17(9-7-10)14(18)16-12-5-3-4-11(2)13(12)15/h3-5,10H,6-9H2,1-2H3,(H,16,18). The Morgan fingerprint density at radius 2 is 2.06 bits per heavy atom. The number of piperidine rings is 1. The molecule has 1 saturated heterocycles. The summed E-state index contributed by atoms with van der Waals surface area (Å²) >= 11 is 3.51. The van der Waals surface area contributed by atoms with Crippen molar-refractivity contribution in [1.82, 2.24) is 4.90 Å². The third-order valence-electron chi connectivity index (χ3n) is 3.50. The van der Waals surface area contributed by atoms with Gasteiger partial charge >= 0.3 is 6.03 Å². The number of carbonyl (C=O) groups excluding carboxylic acids is 1. The van der Waals surface area contributed by atoms with E-state index < -0.39 is 0 Å². The van der Waals surface area contributed by atoms with Gasteiger partial charge in [0.05, 0.1) is 5.69 Å². The molecule has 1 N–H and O–H groups in total. The summed E-state index contributed by atoms with van der Waals surface area (Å²) in [7, 11) is 0. The van der Waals surface area contributed by atoms with Crippen molar-refractivity contribution in [3.05, 3.63) is 28.2 Å². The predicted octanol–water partition coefficient (Wildman–Crippen LogP) is 4.02. The molecule has 4 heteroatoms. The number of amides is 2. The van der Waals surface area contributed by atoms with Gasteiger partial charge in [-0.3, -0.25) is 0 Å². The molecule has 1 aromatic carbocycles. The van der Waals surface area contributed by atoms with Crippen LogP contribution >= 0.6 is 15.9 Å². The molecule has 1 fully saturated rings. The largest absolute Gasteiger partial charge is 0.325 e. The fraction of sp³-hybridized carbons (Fsp3) is 0.500. The summed E-state index contributed by atoms with van der Waals surface area (Å²) in [6.45, 7) is 5.97. The number of urea groups is 1. The van der Waals surface area contributed by atoms with Crippen molar-refractivity contribution in [1.29, 1.82) is 0 Å². The first-order valence-electron chi connectivity index (χ1n) is 6.39. The van der Waals surface area contributed by atoms with Crippen molar-refractivity contribution in [2.24, 2.45) is 5.92 Å². The van der Waals surface area contributed by atoms with Crippen LogP contribution in [-0.2, 0) is 0 Å². The lowest BCUT2D eigenvalue weighted by Crippen LogP contribution is -2.40. The zero-order valence-corrected chi connectivity index (χ0v) is 12.5. The lowest BCUT2D eigenvalue weighted by Gasteiger charge is -2.30. The Bertz CT molecular complexity index is 439. The van der Waals surface area contributed by atoms with Crippen molar-refractivity contribution >= 4 is 27.6 Å². The van der Waals surface area contributed by atoms with E-state index >= 15 is 0 Å². The van der Waals surface area contributed by atoms with Crippen LogP contribution in [0.15, 0.2) is 22.7 Å². The summed E-state index contributed by atoms with van der Waals surface area (Å²) in [5.74, 6) is 0.736. The van der Waals surface area contributed by atoms with E-state index in [-0.39, 0.29) is 6.03 Å². The second kappa shape index (κ2) is 5.74. The molecule has 2 amide bonds. The van der Waals surface area contributed by atoms with Crippen molar-refractivity contribution in [3.8, 4) is 0 Å². The number of hydrogen-bond donors (Lipinski definition) is 1. The van der Waals surface area contributed by atoms with Crippen molar-refractivity contribution < 1.29 is 4.79 Å². The highest BCUT2D eigenvalue weighted by atomic mass is 79.9. The first-order chi connectivity index (χ1) is 8.58. The molecule has 18 heavy (non-hydrogen) atoms. The van der Waals surface area contributed by atoms with E-state index in [0.717, 1.165) is 47.6 Å². The van der Waals surface area contributed by atoms with Crippen LogP contribution in [0.4, 0.5) is 10.5 Å². The molecule has 2 rings (SSSR count). The molecule has 1 aromatic rings. The molecular weight excluding hydrogens is 292 g/mol. The first kappa shape index (κ1) is 13.4. The Morgan fingerprint density at radius 1 is 1.39 bits per heavy atom. The second-order valence-electron chi connectivity index (χ2n) is 5.04. The molecule has 0 bridgehead atoms. The monoisotopic (exact) mass is 310 g/mol. The highest BCUT2D eigenvalue weighted by molar-refractivity contribution is 9.10. The average Bonchev–Trinajstić information content (AvgIpc) is 2.36. The molecule has 0 unspecified atom stereocenters. The van der Waals surface area contributed by atoms with E-state index in [9.17, 15) is 4.79 Å². The Labute approximate surface area is 117 Å². The predicted molar refractivity (Wildman–Crippen MR) is 77.9 cm³/mol. The molecule has 1 heterocycles. The quantitative estimate of drug-likeness (QED) is 0.834. The van der Waals surface area contributed by atoms with Gasteiger partial charge in [-0.1, -0.05) is 19.1 Å². The average molecular weight is 311 g/mol. The molecular formula is C14H19BrN2O. The number of nitrogens with one attached hydrogen (secondary N) is 1. The Hall–Kier alpha value is -1.03. The van der Waals surface area contributed by atoms with Gasteiger partial charge in [-0.25, -0.2) is 4.79 Å². The number of carbonyl (C=O) groups is 1. The minimum absolute atomic E-state index is 0.00759. The fourth-order valence-corrected chi connectivity index (χ4v) is 2.51. The number of hydrogen-bond acceptors (Lipinski definition) is 1. The van der Waals surface area contributed by atoms with E-state index in [1.165, 1.54) is 0 Å². The summed E-state index contributed by atoms with van der Waals surface area (Å²) in [5.41, 5.74) is 1.97. The molecule has 0 radical (unpaired) electrons. The van der Waals surface area contributed by atoms with Crippen molar-refractivity contribution in [2.45, 2.75) is 26.7 Å². The molecule has 0 aliphatic carbocycles. The van der Waals surface area contributed by atoms with Crippen LogP contribution in [0.3, 0.4) is 0 Å². The van der Waals surface area contributed by atoms with Gasteiger partial charge in [-0.15, -0.1) is 0 Å². The number of aryl methyl sites for hydroxylation is 1. The third kappa shape index (κ3) is 3.05. The second-order valence-corrected chi connectivity index (χ2v) is 5.83.